The van der Waals surface area contributed by atoms with Crippen LogP contribution in [0.5, 0.6) is 0 Å². The molecule has 0 aliphatic carbocycles. The van der Waals surface area contributed by atoms with E-state index in [4.69, 9.17) is 4.74 Å². The quantitative estimate of drug-likeness (QED) is 0.731. The third-order valence-electron chi connectivity index (χ3n) is 2.54. The topological polar surface area (TPSA) is 12.5 Å². The Balaban J connectivity index is 1.91. The van der Waals surface area contributed by atoms with Gasteiger partial charge in [-0.1, -0.05) is 19.1 Å². The Bertz CT molecular complexity index is 293. The first-order chi connectivity index (χ1) is 7.38. The number of rotatable bonds is 3. The van der Waals surface area contributed by atoms with Crippen LogP contribution >= 0.6 is 11.9 Å². The van der Waals surface area contributed by atoms with Crippen molar-refractivity contribution in [2.75, 3.05) is 26.3 Å². The van der Waals surface area contributed by atoms with Crippen molar-refractivity contribution in [3.05, 3.63) is 29.8 Å². The molecule has 1 aliphatic rings. The Morgan fingerprint density at radius 1 is 1.20 bits per heavy atom. The Labute approximate surface area is 95.7 Å². The van der Waals surface area contributed by atoms with Gasteiger partial charge in [0.1, 0.15) is 0 Å². The molecule has 2 rings (SSSR count). The largest absolute Gasteiger partial charge is 0.379 e. The van der Waals surface area contributed by atoms with Crippen LogP contribution in [0.4, 0.5) is 0 Å². The van der Waals surface area contributed by atoms with Crippen LogP contribution in [0, 0.1) is 0 Å². The predicted molar refractivity (Wildman–Crippen MR) is 64.1 cm³/mol. The number of ether oxygens (including phenoxy) is 1. The second-order valence-electron chi connectivity index (χ2n) is 3.63. The summed E-state index contributed by atoms with van der Waals surface area (Å²) in [6, 6.07) is 8.84. The summed E-state index contributed by atoms with van der Waals surface area (Å²) >= 11 is 1.84. The maximum Gasteiger partial charge on any atom is 0.0603 e. The van der Waals surface area contributed by atoms with Gasteiger partial charge in [0.2, 0.25) is 0 Å². The standard InChI is InChI=1S/C12H17NOS/c1-2-11-3-5-12(6-4-11)15-13-7-9-14-10-8-13/h3-6H,2,7-10H2,1H3. The van der Waals surface area contributed by atoms with Crippen molar-refractivity contribution >= 4 is 11.9 Å². The lowest BCUT2D eigenvalue weighted by atomic mass is 10.2. The van der Waals surface area contributed by atoms with E-state index in [1.165, 1.54) is 10.5 Å². The van der Waals surface area contributed by atoms with Crippen LogP contribution in [-0.2, 0) is 11.2 Å². The molecular weight excluding hydrogens is 206 g/mol. The highest BCUT2D eigenvalue weighted by Gasteiger charge is 2.11. The zero-order valence-corrected chi connectivity index (χ0v) is 9.93. The fraction of sp³-hybridized carbons (Fsp3) is 0.500. The first-order valence-corrected chi connectivity index (χ1v) is 6.25. The molecular formula is C12H17NOS. The van der Waals surface area contributed by atoms with Crippen molar-refractivity contribution in [3.63, 3.8) is 0 Å². The fourth-order valence-electron chi connectivity index (χ4n) is 1.57. The minimum atomic E-state index is 0.861. The van der Waals surface area contributed by atoms with Crippen molar-refractivity contribution in [2.45, 2.75) is 18.2 Å². The molecule has 1 aromatic rings. The van der Waals surface area contributed by atoms with Crippen LogP contribution in [0.3, 0.4) is 0 Å². The number of hydrogen-bond donors (Lipinski definition) is 0. The second kappa shape index (κ2) is 5.54. The summed E-state index contributed by atoms with van der Waals surface area (Å²) in [6.45, 7) is 5.96. The molecule has 1 fully saturated rings. The summed E-state index contributed by atoms with van der Waals surface area (Å²) in [4.78, 5) is 1.33. The molecule has 0 bridgehead atoms. The van der Waals surface area contributed by atoms with E-state index < -0.39 is 0 Å². The lowest BCUT2D eigenvalue weighted by Crippen LogP contribution is -2.30. The molecule has 1 aromatic carbocycles. The maximum atomic E-state index is 5.32. The summed E-state index contributed by atoms with van der Waals surface area (Å²) in [5.41, 5.74) is 1.40. The van der Waals surface area contributed by atoms with E-state index in [1.807, 2.05) is 11.9 Å². The van der Waals surface area contributed by atoms with Crippen LogP contribution in [0.15, 0.2) is 29.2 Å². The van der Waals surface area contributed by atoms with E-state index in [0.29, 0.717) is 0 Å². The van der Waals surface area contributed by atoms with E-state index in [9.17, 15) is 0 Å². The molecule has 1 aliphatic heterocycles. The van der Waals surface area contributed by atoms with Gasteiger partial charge in [0, 0.05) is 18.0 Å². The van der Waals surface area contributed by atoms with Gasteiger partial charge < -0.3 is 4.74 Å². The molecule has 0 unspecified atom stereocenters. The highest BCUT2D eigenvalue weighted by molar-refractivity contribution is 7.97. The van der Waals surface area contributed by atoms with Crippen LogP contribution in [0.1, 0.15) is 12.5 Å². The monoisotopic (exact) mass is 223 g/mol. The van der Waals surface area contributed by atoms with Gasteiger partial charge in [-0.25, -0.2) is 4.31 Å². The molecule has 15 heavy (non-hydrogen) atoms. The van der Waals surface area contributed by atoms with Gasteiger partial charge in [0.15, 0.2) is 0 Å². The number of benzene rings is 1. The third kappa shape index (κ3) is 3.23. The smallest absolute Gasteiger partial charge is 0.0603 e. The highest BCUT2D eigenvalue weighted by Crippen LogP contribution is 2.23. The summed E-state index contributed by atoms with van der Waals surface area (Å²) in [5.74, 6) is 0. The van der Waals surface area contributed by atoms with Crippen molar-refractivity contribution in [1.29, 1.82) is 0 Å². The van der Waals surface area contributed by atoms with Crippen LogP contribution in [0.2, 0.25) is 0 Å². The van der Waals surface area contributed by atoms with Gasteiger partial charge in [-0.15, -0.1) is 0 Å². The summed E-state index contributed by atoms with van der Waals surface area (Å²) in [5, 5.41) is 0. The molecule has 1 saturated heterocycles. The molecule has 0 atom stereocenters. The fourth-order valence-corrected chi connectivity index (χ4v) is 2.46. The number of hydrogen-bond acceptors (Lipinski definition) is 3. The maximum absolute atomic E-state index is 5.32. The predicted octanol–water partition coefficient (Wildman–Crippen LogP) is 2.59. The van der Waals surface area contributed by atoms with Crippen molar-refractivity contribution in [3.8, 4) is 0 Å². The van der Waals surface area contributed by atoms with Gasteiger partial charge in [0.05, 0.1) is 13.2 Å². The molecule has 0 spiro atoms. The molecule has 3 heteroatoms. The minimum absolute atomic E-state index is 0.861. The zero-order chi connectivity index (χ0) is 10.5. The molecule has 82 valence electrons. The Kier molecular flexibility index (Phi) is 4.06. The van der Waals surface area contributed by atoms with Gasteiger partial charge in [-0.05, 0) is 36.1 Å². The molecule has 2 nitrogen and oxygen atoms in total. The number of aryl methyl sites for hydroxylation is 1. The van der Waals surface area contributed by atoms with E-state index >= 15 is 0 Å². The molecule has 0 N–H and O–H groups in total. The van der Waals surface area contributed by atoms with E-state index in [1.54, 1.807) is 0 Å². The van der Waals surface area contributed by atoms with Gasteiger partial charge in [-0.3, -0.25) is 0 Å². The molecule has 1 heterocycles. The SMILES string of the molecule is CCc1ccc(SN2CCOCC2)cc1. The summed E-state index contributed by atoms with van der Waals surface area (Å²) in [6.07, 6.45) is 1.11. The molecule has 0 aromatic heterocycles. The number of nitrogens with zero attached hydrogens (tertiary/aromatic N) is 1. The van der Waals surface area contributed by atoms with Crippen LogP contribution in [-0.4, -0.2) is 30.6 Å². The van der Waals surface area contributed by atoms with E-state index in [0.717, 1.165) is 32.7 Å². The summed E-state index contributed by atoms with van der Waals surface area (Å²) in [7, 11) is 0. The Hall–Kier alpha value is -0.510. The number of morpholine rings is 1. The average Bonchev–Trinajstić information content (AvgIpc) is 2.31. The molecule has 0 saturated carbocycles. The average molecular weight is 223 g/mol. The first-order valence-electron chi connectivity index (χ1n) is 5.48. The summed E-state index contributed by atoms with van der Waals surface area (Å²) < 4.78 is 7.68. The van der Waals surface area contributed by atoms with Crippen molar-refractivity contribution < 1.29 is 4.74 Å². The lowest BCUT2D eigenvalue weighted by molar-refractivity contribution is 0.0773. The normalized spacial score (nSPS) is 17.9. The molecule has 0 radical (unpaired) electrons. The minimum Gasteiger partial charge on any atom is -0.379 e. The second-order valence-corrected chi connectivity index (χ2v) is 4.80. The Morgan fingerprint density at radius 2 is 1.87 bits per heavy atom. The first kappa shape index (κ1) is 11.0. The van der Waals surface area contributed by atoms with Crippen LogP contribution < -0.4 is 0 Å². The highest BCUT2D eigenvalue weighted by atomic mass is 32.2. The van der Waals surface area contributed by atoms with Crippen LogP contribution in [0.25, 0.3) is 0 Å². The molecule has 0 amide bonds. The lowest BCUT2D eigenvalue weighted by Gasteiger charge is -2.25. The van der Waals surface area contributed by atoms with E-state index in [-0.39, 0.29) is 0 Å². The van der Waals surface area contributed by atoms with Gasteiger partial charge in [-0.2, -0.15) is 0 Å². The van der Waals surface area contributed by atoms with Gasteiger partial charge >= 0.3 is 0 Å². The zero-order valence-electron chi connectivity index (χ0n) is 9.11. The van der Waals surface area contributed by atoms with Crippen molar-refractivity contribution in [1.82, 2.24) is 4.31 Å². The third-order valence-corrected chi connectivity index (χ3v) is 3.64. The Morgan fingerprint density at radius 3 is 2.47 bits per heavy atom. The van der Waals surface area contributed by atoms with Gasteiger partial charge in [0.25, 0.3) is 0 Å². The van der Waals surface area contributed by atoms with Crippen molar-refractivity contribution in [2.24, 2.45) is 0 Å². The van der Waals surface area contributed by atoms with E-state index in [2.05, 4.69) is 35.5 Å².